The van der Waals surface area contributed by atoms with Crippen molar-refractivity contribution in [3.05, 3.63) is 0 Å². The summed E-state index contributed by atoms with van der Waals surface area (Å²) in [6.45, 7) is 5.97. The summed E-state index contributed by atoms with van der Waals surface area (Å²) < 4.78 is 0. The third-order valence-electron chi connectivity index (χ3n) is 2.22. The summed E-state index contributed by atoms with van der Waals surface area (Å²) in [4.78, 5) is 11.1. The van der Waals surface area contributed by atoms with Crippen LogP contribution in [0, 0.1) is 18.3 Å². The van der Waals surface area contributed by atoms with E-state index in [9.17, 15) is 4.79 Å². The number of nitrogens with two attached hydrogens (primary N) is 1. The second-order valence-electron chi connectivity index (χ2n) is 3.28. The first kappa shape index (κ1) is 11.0. The first-order chi connectivity index (χ1) is 5.45. The van der Waals surface area contributed by atoms with Crippen LogP contribution in [0.5, 0.6) is 0 Å². The van der Waals surface area contributed by atoms with Gasteiger partial charge >= 0.3 is 0 Å². The average molecular weight is 168 g/mol. The van der Waals surface area contributed by atoms with Gasteiger partial charge in [0.25, 0.3) is 0 Å². The lowest BCUT2D eigenvalue weighted by atomic mass is 9.88. The average Bonchev–Trinajstić information content (AvgIpc) is 1.99. The molecule has 1 unspecified atom stereocenters. The van der Waals surface area contributed by atoms with E-state index in [1.165, 1.54) is 0 Å². The van der Waals surface area contributed by atoms with Gasteiger partial charge in [0, 0.05) is 0 Å². The van der Waals surface area contributed by atoms with Crippen molar-refractivity contribution in [1.82, 2.24) is 5.32 Å². The SMILES string of the molecule is C#CCNC(C)(C(N)=O)C(C)C. The lowest BCUT2D eigenvalue weighted by Gasteiger charge is -2.30. The maximum atomic E-state index is 11.1. The van der Waals surface area contributed by atoms with Crippen LogP contribution in [-0.4, -0.2) is 18.0 Å². The Morgan fingerprint density at radius 3 is 2.50 bits per heavy atom. The lowest BCUT2D eigenvalue weighted by molar-refractivity contribution is -0.125. The zero-order valence-electron chi connectivity index (χ0n) is 7.85. The van der Waals surface area contributed by atoms with Crippen LogP contribution in [0.1, 0.15) is 20.8 Å². The molecule has 0 aliphatic rings. The van der Waals surface area contributed by atoms with Gasteiger partial charge in [0.1, 0.15) is 0 Å². The molecule has 0 fully saturated rings. The highest BCUT2D eigenvalue weighted by Gasteiger charge is 2.33. The minimum atomic E-state index is -0.702. The smallest absolute Gasteiger partial charge is 0.237 e. The first-order valence-electron chi connectivity index (χ1n) is 3.93. The van der Waals surface area contributed by atoms with Gasteiger partial charge in [-0.1, -0.05) is 19.8 Å². The number of hydrogen-bond acceptors (Lipinski definition) is 2. The number of amides is 1. The molecule has 1 amide bonds. The van der Waals surface area contributed by atoms with Gasteiger partial charge in [-0.15, -0.1) is 6.42 Å². The number of hydrogen-bond donors (Lipinski definition) is 2. The van der Waals surface area contributed by atoms with E-state index >= 15 is 0 Å². The van der Waals surface area contributed by atoms with Crippen molar-refractivity contribution >= 4 is 5.91 Å². The van der Waals surface area contributed by atoms with Crippen LogP contribution in [0.3, 0.4) is 0 Å². The standard InChI is InChI=1S/C9H16N2O/c1-5-6-11-9(4,7(2)3)8(10)12/h1,7,11H,6H2,2-4H3,(H2,10,12). The lowest BCUT2D eigenvalue weighted by Crippen LogP contribution is -2.56. The van der Waals surface area contributed by atoms with Crippen molar-refractivity contribution in [3.63, 3.8) is 0 Å². The van der Waals surface area contributed by atoms with Crippen molar-refractivity contribution in [2.75, 3.05) is 6.54 Å². The van der Waals surface area contributed by atoms with Crippen LogP contribution in [0.15, 0.2) is 0 Å². The third-order valence-corrected chi connectivity index (χ3v) is 2.22. The predicted molar refractivity (Wildman–Crippen MR) is 49.3 cm³/mol. The fraction of sp³-hybridized carbons (Fsp3) is 0.667. The molecule has 0 saturated carbocycles. The fourth-order valence-electron chi connectivity index (χ4n) is 0.810. The number of carbonyl (C=O) groups is 1. The Morgan fingerprint density at radius 2 is 2.25 bits per heavy atom. The van der Waals surface area contributed by atoms with Crippen LogP contribution >= 0.6 is 0 Å². The van der Waals surface area contributed by atoms with Crippen molar-refractivity contribution in [1.29, 1.82) is 0 Å². The Bertz CT molecular complexity index is 205. The number of terminal acetylenes is 1. The topological polar surface area (TPSA) is 55.1 Å². The van der Waals surface area contributed by atoms with Gasteiger partial charge in [-0.25, -0.2) is 0 Å². The maximum Gasteiger partial charge on any atom is 0.237 e. The highest BCUT2D eigenvalue weighted by atomic mass is 16.1. The summed E-state index contributed by atoms with van der Waals surface area (Å²) in [5, 5.41) is 2.93. The molecule has 0 aromatic heterocycles. The molecule has 0 aliphatic heterocycles. The second-order valence-corrected chi connectivity index (χ2v) is 3.28. The van der Waals surface area contributed by atoms with Crippen molar-refractivity contribution in [2.45, 2.75) is 26.3 Å². The van der Waals surface area contributed by atoms with Gasteiger partial charge in [-0.2, -0.15) is 0 Å². The predicted octanol–water partition coefficient (Wildman–Crippen LogP) is 0.109. The van der Waals surface area contributed by atoms with Crippen LogP contribution in [0.2, 0.25) is 0 Å². The van der Waals surface area contributed by atoms with E-state index in [0.29, 0.717) is 6.54 Å². The molecule has 0 bridgehead atoms. The Kier molecular flexibility index (Phi) is 3.78. The molecule has 3 nitrogen and oxygen atoms in total. The Hall–Kier alpha value is -1.01. The molecular formula is C9H16N2O. The van der Waals surface area contributed by atoms with Crippen LogP contribution in [0.25, 0.3) is 0 Å². The van der Waals surface area contributed by atoms with E-state index in [4.69, 9.17) is 12.2 Å². The third kappa shape index (κ3) is 2.24. The molecule has 3 heteroatoms. The molecule has 0 heterocycles. The summed E-state index contributed by atoms with van der Waals surface area (Å²) in [5.74, 6) is 2.17. The van der Waals surface area contributed by atoms with Crippen LogP contribution in [0.4, 0.5) is 0 Å². The van der Waals surface area contributed by atoms with Crippen molar-refractivity contribution in [2.24, 2.45) is 11.7 Å². The molecule has 3 N–H and O–H groups in total. The zero-order chi connectivity index (χ0) is 9.78. The van der Waals surface area contributed by atoms with Gasteiger partial charge < -0.3 is 5.73 Å². The van der Waals surface area contributed by atoms with Crippen molar-refractivity contribution < 1.29 is 4.79 Å². The van der Waals surface area contributed by atoms with Crippen molar-refractivity contribution in [3.8, 4) is 12.3 Å². The number of carbonyl (C=O) groups excluding carboxylic acids is 1. The minimum Gasteiger partial charge on any atom is -0.368 e. The first-order valence-corrected chi connectivity index (χ1v) is 3.93. The molecule has 0 spiro atoms. The van der Waals surface area contributed by atoms with Gasteiger partial charge in [-0.3, -0.25) is 10.1 Å². The Morgan fingerprint density at radius 1 is 1.75 bits per heavy atom. The number of primary amides is 1. The van der Waals surface area contributed by atoms with E-state index in [1.54, 1.807) is 6.92 Å². The van der Waals surface area contributed by atoms with E-state index in [1.807, 2.05) is 13.8 Å². The fourth-order valence-corrected chi connectivity index (χ4v) is 0.810. The van der Waals surface area contributed by atoms with E-state index in [-0.39, 0.29) is 11.8 Å². The van der Waals surface area contributed by atoms with Gasteiger partial charge in [-0.05, 0) is 12.8 Å². The van der Waals surface area contributed by atoms with E-state index in [2.05, 4.69) is 11.2 Å². The normalized spacial score (nSPS) is 15.2. The highest BCUT2D eigenvalue weighted by molar-refractivity contribution is 5.84. The molecule has 0 saturated heterocycles. The summed E-state index contributed by atoms with van der Waals surface area (Å²) in [5.41, 5.74) is 4.54. The van der Waals surface area contributed by atoms with Crippen LogP contribution in [-0.2, 0) is 4.79 Å². The molecule has 0 aliphatic carbocycles. The van der Waals surface area contributed by atoms with Gasteiger partial charge in [0.05, 0.1) is 12.1 Å². The number of nitrogens with one attached hydrogen (secondary N) is 1. The summed E-state index contributed by atoms with van der Waals surface area (Å²) in [7, 11) is 0. The molecule has 0 radical (unpaired) electrons. The molecule has 0 rings (SSSR count). The second kappa shape index (κ2) is 4.13. The maximum absolute atomic E-state index is 11.1. The monoisotopic (exact) mass is 168 g/mol. The molecule has 12 heavy (non-hydrogen) atoms. The van der Waals surface area contributed by atoms with Crippen LogP contribution < -0.4 is 11.1 Å². The summed E-state index contributed by atoms with van der Waals surface area (Å²) in [6.07, 6.45) is 5.07. The molecule has 0 aromatic carbocycles. The largest absolute Gasteiger partial charge is 0.368 e. The summed E-state index contributed by atoms with van der Waals surface area (Å²) in [6, 6.07) is 0. The minimum absolute atomic E-state index is 0.128. The quantitative estimate of drug-likeness (QED) is 0.585. The molecule has 68 valence electrons. The highest BCUT2D eigenvalue weighted by Crippen LogP contribution is 2.14. The molecule has 1 atom stereocenters. The van der Waals surface area contributed by atoms with Gasteiger partial charge in [0.2, 0.25) is 5.91 Å². The molecule has 0 aromatic rings. The summed E-state index contributed by atoms with van der Waals surface area (Å²) >= 11 is 0. The van der Waals surface area contributed by atoms with Gasteiger partial charge in [0.15, 0.2) is 0 Å². The Balaban J connectivity index is 4.42. The zero-order valence-corrected chi connectivity index (χ0v) is 7.85. The van der Waals surface area contributed by atoms with E-state index < -0.39 is 5.54 Å². The Labute approximate surface area is 73.7 Å². The molecular weight excluding hydrogens is 152 g/mol. The number of rotatable bonds is 4. The van der Waals surface area contributed by atoms with E-state index in [0.717, 1.165) is 0 Å².